The molecule has 2 rings (SSSR count). The molecule has 0 saturated heterocycles. The second-order valence-corrected chi connectivity index (χ2v) is 5.13. The van der Waals surface area contributed by atoms with Crippen molar-refractivity contribution in [2.24, 2.45) is 5.73 Å². The van der Waals surface area contributed by atoms with Gasteiger partial charge in [0.05, 0.1) is 6.33 Å². The Bertz CT molecular complexity index is 622. The lowest BCUT2D eigenvalue weighted by Gasteiger charge is -2.06. The van der Waals surface area contributed by atoms with Gasteiger partial charge in [-0.1, -0.05) is 20.3 Å². The van der Waals surface area contributed by atoms with Crippen LogP contribution in [-0.4, -0.2) is 18.1 Å². The van der Waals surface area contributed by atoms with Gasteiger partial charge in [-0.3, -0.25) is 0 Å². The zero-order valence-electron chi connectivity index (χ0n) is 12.4. The van der Waals surface area contributed by atoms with Crippen LogP contribution < -0.4 is 10.5 Å². The number of benzene rings is 1. The van der Waals surface area contributed by atoms with Crippen molar-refractivity contribution in [1.82, 2.24) is 4.98 Å². The third-order valence-electron chi connectivity index (χ3n) is 3.36. The largest absolute Gasteiger partial charge is 0.489 e. The van der Waals surface area contributed by atoms with E-state index in [0.717, 1.165) is 24.2 Å². The number of oxazole rings is 1. The van der Waals surface area contributed by atoms with Gasteiger partial charge in [0.25, 0.3) is 0 Å². The van der Waals surface area contributed by atoms with Crippen molar-refractivity contribution in [1.29, 1.82) is 0 Å². The Labute approximate surface area is 123 Å². The fraction of sp³-hybridized carbons (Fsp3) is 0.438. The van der Waals surface area contributed by atoms with Crippen LogP contribution in [0.1, 0.15) is 38.5 Å². The maximum atomic E-state index is 12.4. The number of nitrogens with two attached hydrogens (primary N) is 1. The van der Waals surface area contributed by atoms with Crippen molar-refractivity contribution in [3.05, 3.63) is 36.0 Å². The molecule has 1 heterocycles. The first-order valence-corrected chi connectivity index (χ1v) is 7.19. The molecule has 1 aromatic heterocycles. The number of nitrogens with zero attached hydrogens (tertiary/aromatic N) is 1. The Hall–Kier alpha value is -1.88. The van der Waals surface area contributed by atoms with E-state index in [1.54, 1.807) is 12.1 Å². The van der Waals surface area contributed by atoms with Gasteiger partial charge in [0, 0.05) is 24.1 Å². The van der Waals surface area contributed by atoms with Gasteiger partial charge in [-0.2, -0.15) is 0 Å². The average molecular weight is 292 g/mol. The van der Waals surface area contributed by atoms with Gasteiger partial charge >= 0.3 is 0 Å². The molecule has 0 spiro atoms. The van der Waals surface area contributed by atoms with E-state index in [-0.39, 0.29) is 13.2 Å². The van der Waals surface area contributed by atoms with Crippen LogP contribution in [0.3, 0.4) is 0 Å². The lowest BCUT2D eigenvalue weighted by molar-refractivity contribution is 0.347. The Morgan fingerprint density at radius 3 is 3.00 bits per heavy atom. The first kappa shape index (κ1) is 15.5. The SMILES string of the molecule is CCCC(C)c1nc2ccc(OC/C(=C/F)CN)cc2o1. The molecule has 0 aliphatic carbocycles. The molecule has 2 N–H and O–H groups in total. The summed E-state index contributed by atoms with van der Waals surface area (Å²) in [7, 11) is 0. The Morgan fingerprint density at radius 1 is 1.52 bits per heavy atom. The zero-order chi connectivity index (χ0) is 15.2. The molecule has 0 aliphatic heterocycles. The molecule has 0 bridgehead atoms. The molecule has 0 saturated carbocycles. The molecule has 2 aromatic rings. The minimum Gasteiger partial charge on any atom is -0.489 e. The fourth-order valence-electron chi connectivity index (χ4n) is 2.09. The number of fused-ring (bicyclic) bond motifs is 1. The minimum absolute atomic E-state index is 0.131. The minimum atomic E-state index is 0.131. The summed E-state index contributed by atoms with van der Waals surface area (Å²) in [4.78, 5) is 4.49. The number of hydrogen-bond acceptors (Lipinski definition) is 4. The molecule has 4 nitrogen and oxygen atoms in total. The molecule has 114 valence electrons. The number of halogens is 1. The molecule has 0 aliphatic rings. The first-order valence-electron chi connectivity index (χ1n) is 7.19. The van der Waals surface area contributed by atoms with Crippen molar-refractivity contribution in [2.45, 2.75) is 32.6 Å². The van der Waals surface area contributed by atoms with Crippen molar-refractivity contribution in [2.75, 3.05) is 13.2 Å². The molecule has 1 atom stereocenters. The summed E-state index contributed by atoms with van der Waals surface area (Å²) < 4.78 is 23.7. The summed E-state index contributed by atoms with van der Waals surface area (Å²) >= 11 is 0. The molecular formula is C16H21FN2O2. The summed E-state index contributed by atoms with van der Waals surface area (Å²) in [6.07, 6.45) is 2.61. The highest BCUT2D eigenvalue weighted by molar-refractivity contribution is 5.74. The van der Waals surface area contributed by atoms with E-state index in [1.165, 1.54) is 0 Å². The van der Waals surface area contributed by atoms with Crippen LogP contribution in [-0.2, 0) is 0 Å². The summed E-state index contributed by atoms with van der Waals surface area (Å²) in [6.45, 7) is 4.51. The van der Waals surface area contributed by atoms with Gasteiger partial charge < -0.3 is 14.9 Å². The van der Waals surface area contributed by atoms with E-state index in [2.05, 4.69) is 18.8 Å². The number of aromatic nitrogens is 1. The monoisotopic (exact) mass is 292 g/mol. The van der Waals surface area contributed by atoms with Crippen LogP contribution in [0, 0.1) is 0 Å². The van der Waals surface area contributed by atoms with Crippen LogP contribution in [0.15, 0.2) is 34.5 Å². The van der Waals surface area contributed by atoms with Gasteiger partial charge in [0.1, 0.15) is 17.9 Å². The Kier molecular flexibility index (Phi) is 5.33. The summed E-state index contributed by atoms with van der Waals surface area (Å²) in [6, 6.07) is 5.42. The normalized spacial score (nSPS) is 13.6. The summed E-state index contributed by atoms with van der Waals surface area (Å²) in [5.41, 5.74) is 7.28. The second-order valence-electron chi connectivity index (χ2n) is 5.13. The highest BCUT2D eigenvalue weighted by Crippen LogP contribution is 2.27. The lowest BCUT2D eigenvalue weighted by Crippen LogP contribution is -2.10. The van der Waals surface area contributed by atoms with Crippen LogP contribution in [0.25, 0.3) is 11.1 Å². The molecule has 0 fully saturated rings. The molecule has 1 aromatic carbocycles. The predicted octanol–water partition coefficient (Wildman–Crippen LogP) is 3.92. The summed E-state index contributed by atoms with van der Waals surface area (Å²) in [5.74, 6) is 1.65. The van der Waals surface area contributed by atoms with Gasteiger partial charge in [-0.05, 0) is 18.6 Å². The second kappa shape index (κ2) is 7.22. The quantitative estimate of drug-likeness (QED) is 0.840. The van der Waals surface area contributed by atoms with Gasteiger partial charge in [0.15, 0.2) is 11.5 Å². The molecule has 5 heteroatoms. The Morgan fingerprint density at radius 2 is 2.33 bits per heavy atom. The first-order chi connectivity index (χ1) is 10.2. The van der Waals surface area contributed by atoms with Crippen LogP contribution in [0.5, 0.6) is 5.75 Å². The number of ether oxygens (including phenoxy) is 1. The van der Waals surface area contributed by atoms with Gasteiger partial charge in [-0.25, -0.2) is 9.37 Å². The average Bonchev–Trinajstić information content (AvgIpc) is 2.92. The van der Waals surface area contributed by atoms with E-state index in [9.17, 15) is 4.39 Å². The van der Waals surface area contributed by atoms with E-state index in [0.29, 0.717) is 29.2 Å². The van der Waals surface area contributed by atoms with Gasteiger partial charge in [0.2, 0.25) is 0 Å². The predicted molar refractivity (Wildman–Crippen MR) is 81.1 cm³/mol. The third-order valence-corrected chi connectivity index (χ3v) is 3.36. The smallest absolute Gasteiger partial charge is 0.198 e. The van der Waals surface area contributed by atoms with Crippen LogP contribution in [0.2, 0.25) is 0 Å². The molecule has 1 unspecified atom stereocenters. The molecule has 0 radical (unpaired) electrons. The van der Waals surface area contributed by atoms with Gasteiger partial charge in [-0.15, -0.1) is 0 Å². The summed E-state index contributed by atoms with van der Waals surface area (Å²) in [5, 5.41) is 0. The highest BCUT2D eigenvalue weighted by Gasteiger charge is 2.13. The van der Waals surface area contributed by atoms with E-state index >= 15 is 0 Å². The van der Waals surface area contributed by atoms with Crippen LogP contribution >= 0.6 is 0 Å². The Balaban J connectivity index is 2.14. The van der Waals surface area contributed by atoms with Crippen LogP contribution in [0.4, 0.5) is 4.39 Å². The van der Waals surface area contributed by atoms with Crippen molar-refractivity contribution < 1.29 is 13.5 Å². The standard InChI is InChI=1S/C16H21FN2O2/c1-3-4-11(2)16-19-14-6-5-13(7-15(14)21-16)20-10-12(8-17)9-18/h5-8,11H,3-4,9-10,18H2,1-2H3/b12-8+. The highest BCUT2D eigenvalue weighted by atomic mass is 19.1. The lowest BCUT2D eigenvalue weighted by atomic mass is 10.1. The van der Waals surface area contributed by atoms with Crippen molar-refractivity contribution in [3.63, 3.8) is 0 Å². The van der Waals surface area contributed by atoms with Crippen molar-refractivity contribution >= 4 is 11.1 Å². The fourth-order valence-corrected chi connectivity index (χ4v) is 2.09. The molecular weight excluding hydrogens is 271 g/mol. The zero-order valence-corrected chi connectivity index (χ0v) is 12.4. The van der Waals surface area contributed by atoms with E-state index < -0.39 is 0 Å². The maximum Gasteiger partial charge on any atom is 0.198 e. The third kappa shape index (κ3) is 3.82. The van der Waals surface area contributed by atoms with E-state index in [1.807, 2.05) is 6.07 Å². The molecule has 21 heavy (non-hydrogen) atoms. The number of hydrogen-bond donors (Lipinski definition) is 1. The topological polar surface area (TPSA) is 61.3 Å². The van der Waals surface area contributed by atoms with Crippen molar-refractivity contribution in [3.8, 4) is 5.75 Å². The molecule has 0 amide bonds. The number of rotatable bonds is 7. The van der Waals surface area contributed by atoms with E-state index in [4.69, 9.17) is 14.9 Å². The maximum absolute atomic E-state index is 12.4.